The van der Waals surface area contributed by atoms with Crippen LogP contribution in [0.5, 0.6) is 0 Å². The minimum atomic E-state index is -0.645. The van der Waals surface area contributed by atoms with E-state index in [1.807, 2.05) is 11.0 Å². The number of piperazine rings is 1. The number of fused-ring (bicyclic) bond motifs is 1. The van der Waals surface area contributed by atoms with Crippen LogP contribution in [-0.2, 0) is 9.59 Å². The summed E-state index contributed by atoms with van der Waals surface area (Å²) in [5.41, 5.74) is 1.35. The standard InChI is InChI=1S/C17H17N7O2/c25-15(21-13-3-2-12-11-20-22-14(12)10-13)16(26)23-6-8-24(9-7-23)17-18-4-1-5-19-17/h1-5,10-11H,6-9H2,(H,20,22)(H,21,25). The van der Waals surface area contributed by atoms with Gasteiger partial charge in [0.25, 0.3) is 0 Å². The lowest BCUT2D eigenvalue weighted by Crippen LogP contribution is -2.52. The summed E-state index contributed by atoms with van der Waals surface area (Å²) in [6.45, 7) is 2.07. The third kappa shape index (κ3) is 3.18. The Balaban J connectivity index is 1.36. The van der Waals surface area contributed by atoms with E-state index in [0.29, 0.717) is 37.8 Å². The van der Waals surface area contributed by atoms with Crippen molar-refractivity contribution in [2.75, 3.05) is 36.4 Å². The summed E-state index contributed by atoms with van der Waals surface area (Å²) in [4.78, 5) is 36.6. The van der Waals surface area contributed by atoms with Crippen LogP contribution in [0, 0.1) is 0 Å². The maximum absolute atomic E-state index is 12.4. The van der Waals surface area contributed by atoms with Crippen molar-refractivity contribution in [2.45, 2.75) is 0 Å². The number of H-pyrrole nitrogens is 1. The quantitative estimate of drug-likeness (QED) is 0.656. The Morgan fingerprint density at radius 1 is 1.08 bits per heavy atom. The van der Waals surface area contributed by atoms with E-state index in [2.05, 4.69) is 25.5 Å². The molecular formula is C17H17N7O2. The van der Waals surface area contributed by atoms with E-state index >= 15 is 0 Å². The molecule has 0 bridgehead atoms. The van der Waals surface area contributed by atoms with Crippen molar-refractivity contribution in [1.82, 2.24) is 25.1 Å². The molecule has 1 aliphatic heterocycles. The van der Waals surface area contributed by atoms with Crippen LogP contribution in [0.25, 0.3) is 10.9 Å². The van der Waals surface area contributed by atoms with Crippen LogP contribution in [0.4, 0.5) is 11.6 Å². The normalized spacial score (nSPS) is 14.5. The van der Waals surface area contributed by atoms with Crippen LogP contribution in [0.3, 0.4) is 0 Å². The topological polar surface area (TPSA) is 107 Å². The van der Waals surface area contributed by atoms with Crippen molar-refractivity contribution < 1.29 is 9.59 Å². The zero-order valence-electron chi connectivity index (χ0n) is 13.9. The van der Waals surface area contributed by atoms with Crippen LogP contribution in [-0.4, -0.2) is 63.1 Å². The second-order valence-corrected chi connectivity index (χ2v) is 5.95. The van der Waals surface area contributed by atoms with Gasteiger partial charge in [-0.15, -0.1) is 0 Å². The SMILES string of the molecule is O=C(Nc1ccc2cn[nH]c2c1)C(=O)N1CCN(c2ncccn2)CC1. The van der Waals surface area contributed by atoms with Crippen LogP contribution >= 0.6 is 0 Å². The van der Waals surface area contributed by atoms with Crippen LogP contribution < -0.4 is 10.2 Å². The smallest absolute Gasteiger partial charge is 0.313 e. The summed E-state index contributed by atoms with van der Waals surface area (Å²) < 4.78 is 0. The molecule has 2 amide bonds. The molecule has 9 heteroatoms. The van der Waals surface area contributed by atoms with Gasteiger partial charge in [-0.25, -0.2) is 9.97 Å². The van der Waals surface area contributed by atoms with E-state index in [-0.39, 0.29) is 0 Å². The predicted octanol–water partition coefficient (Wildman–Crippen LogP) is 0.640. The molecule has 1 aromatic carbocycles. The summed E-state index contributed by atoms with van der Waals surface area (Å²) in [5.74, 6) is -0.548. The van der Waals surface area contributed by atoms with E-state index < -0.39 is 11.8 Å². The number of nitrogens with one attached hydrogen (secondary N) is 2. The minimum absolute atomic E-state index is 0.449. The monoisotopic (exact) mass is 351 g/mol. The van der Waals surface area contributed by atoms with Crippen LogP contribution in [0.15, 0.2) is 42.9 Å². The van der Waals surface area contributed by atoms with Gasteiger partial charge < -0.3 is 15.1 Å². The summed E-state index contributed by atoms with van der Waals surface area (Å²) in [5, 5.41) is 10.4. The van der Waals surface area contributed by atoms with E-state index in [1.54, 1.807) is 41.7 Å². The largest absolute Gasteiger partial charge is 0.337 e. The lowest BCUT2D eigenvalue weighted by molar-refractivity contribution is -0.143. The molecule has 3 heterocycles. The molecule has 1 fully saturated rings. The molecule has 0 unspecified atom stereocenters. The molecule has 1 saturated heterocycles. The lowest BCUT2D eigenvalue weighted by Gasteiger charge is -2.34. The highest BCUT2D eigenvalue weighted by molar-refractivity contribution is 6.39. The van der Waals surface area contributed by atoms with Crippen LogP contribution in [0.2, 0.25) is 0 Å². The zero-order valence-corrected chi connectivity index (χ0v) is 13.9. The van der Waals surface area contributed by atoms with Crippen LogP contribution in [0.1, 0.15) is 0 Å². The van der Waals surface area contributed by atoms with Gasteiger partial charge in [-0.05, 0) is 24.3 Å². The number of aromatic nitrogens is 4. The van der Waals surface area contributed by atoms with Crippen molar-refractivity contribution >= 4 is 34.4 Å². The van der Waals surface area contributed by atoms with E-state index in [4.69, 9.17) is 0 Å². The number of rotatable bonds is 2. The van der Waals surface area contributed by atoms with Crippen molar-refractivity contribution in [3.63, 3.8) is 0 Å². The van der Waals surface area contributed by atoms with E-state index in [0.717, 1.165) is 10.9 Å². The van der Waals surface area contributed by atoms with E-state index in [1.165, 1.54) is 0 Å². The molecule has 2 aromatic heterocycles. The van der Waals surface area contributed by atoms with Gasteiger partial charge in [0.1, 0.15) is 0 Å². The molecule has 4 rings (SSSR count). The highest BCUT2D eigenvalue weighted by Gasteiger charge is 2.26. The molecule has 2 N–H and O–H groups in total. The van der Waals surface area contributed by atoms with Gasteiger partial charge in [0.2, 0.25) is 5.95 Å². The highest BCUT2D eigenvalue weighted by atomic mass is 16.2. The first-order valence-corrected chi connectivity index (χ1v) is 8.26. The van der Waals surface area contributed by atoms with Crippen molar-refractivity contribution in [3.8, 4) is 0 Å². The molecule has 3 aromatic rings. The van der Waals surface area contributed by atoms with Crippen molar-refractivity contribution in [2.24, 2.45) is 0 Å². The van der Waals surface area contributed by atoms with E-state index in [9.17, 15) is 9.59 Å². The summed E-state index contributed by atoms with van der Waals surface area (Å²) in [7, 11) is 0. The Labute approximate surface area is 149 Å². The maximum atomic E-state index is 12.4. The Hall–Kier alpha value is -3.49. The fourth-order valence-corrected chi connectivity index (χ4v) is 2.91. The number of aromatic amines is 1. The fraction of sp³-hybridized carbons (Fsp3) is 0.235. The van der Waals surface area contributed by atoms with Gasteiger partial charge in [-0.1, -0.05) is 0 Å². The van der Waals surface area contributed by atoms with Crippen molar-refractivity contribution in [3.05, 3.63) is 42.9 Å². The number of hydrogen-bond acceptors (Lipinski definition) is 6. The number of amides is 2. The Kier molecular flexibility index (Phi) is 4.18. The van der Waals surface area contributed by atoms with Gasteiger partial charge in [0.05, 0.1) is 11.7 Å². The number of hydrogen-bond donors (Lipinski definition) is 2. The number of carbonyl (C=O) groups is 2. The van der Waals surface area contributed by atoms with Gasteiger partial charge in [0.15, 0.2) is 0 Å². The Morgan fingerprint density at radius 2 is 1.85 bits per heavy atom. The second-order valence-electron chi connectivity index (χ2n) is 5.95. The highest BCUT2D eigenvalue weighted by Crippen LogP contribution is 2.17. The number of anilines is 2. The Bertz CT molecular complexity index is 932. The summed E-state index contributed by atoms with van der Waals surface area (Å²) >= 11 is 0. The lowest BCUT2D eigenvalue weighted by atomic mass is 10.2. The number of carbonyl (C=O) groups excluding carboxylic acids is 2. The first-order chi connectivity index (χ1) is 12.7. The predicted molar refractivity (Wildman–Crippen MR) is 95.5 cm³/mol. The molecule has 0 saturated carbocycles. The molecule has 0 aliphatic carbocycles. The van der Waals surface area contributed by atoms with Gasteiger partial charge in [-0.2, -0.15) is 5.10 Å². The first-order valence-electron chi connectivity index (χ1n) is 8.26. The summed E-state index contributed by atoms with van der Waals surface area (Å²) in [6.07, 6.45) is 5.07. The van der Waals surface area contributed by atoms with Gasteiger partial charge in [0, 0.05) is 49.6 Å². The minimum Gasteiger partial charge on any atom is -0.337 e. The molecule has 0 atom stereocenters. The third-order valence-corrected chi connectivity index (χ3v) is 4.30. The third-order valence-electron chi connectivity index (χ3n) is 4.30. The summed E-state index contributed by atoms with van der Waals surface area (Å²) in [6, 6.07) is 7.08. The molecule has 1 aliphatic rings. The maximum Gasteiger partial charge on any atom is 0.313 e. The second kappa shape index (κ2) is 6.79. The number of benzene rings is 1. The Morgan fingerprint density at radius 3 is 2.62 bits per heavy atom. The van der Waals surface area contributed by atoms with Gasteiger partial charge in [-0.3, -0.25) is 14.7 Å². The van der Waals surface area contributed by atoms with Gasteiger partial charge >= 0.3 is 11.8 Å². The number of nitrogens with zero attached hydrogens (tertiary/aromatic N) is 5. The first kappa shape index (κ1) is 16.0. The molecular weight excluding hydrogens is 334 g/mol. The molecule has 9 nitrogen and oxygen atoms in total. The molecule has 0 spiro atoms. The zero-order chi connectivity index (χ0) is 17.9. The molecule has 26 heavy (non-hydrogen) atoms. The molecule has 132 valence electrons. The fourth-order valence-electron chi connectivity index (χ4n) is 2.91. The van der Waals surface area contributed by atoms with Crippen molar-refractivity contribution in [1.29, 1.82) is 0 Å². The molecule has 0 radical (unpaired) electrons. The average molecular weight is 351 g/mol. The average Bonchev–Trinajstić information content (AvgIpc) is 3.16.